The maximum atomic E-state index is 7.17. The molecule has 0 aliphatic rings. The van der Waals surface area contributed by atoms with E-state index in [0.29, 0.717) is 19.6 Å². The van der Waals surface area contributed by atoms with Gasteiger partial charge in [0.1, 0.15) is 0 Å². The van der Waals surface area contributed by atoms with Crippen molar-refractivity contribution in [1.82, 2.24) is 0 Å². The fraction of sp³-hybridized carbons (Fsp3) is 0.909. The van der Waals surface area contributed by atoms with Crippen molar-refractivity contribution in [2.45, 2.75) is 45.6 Å². The lowest BCUT2D eigenvalue weighted by molar-refractivity contribution is 0.00572. The van der Waals surface area contributed by atoms with Crippen LogP contribution in [-0.4, -0.2) is 31.8 Å². The first kappa shape index (κ1) is 14.4. The van der Waals surface area contributed by atoms with E-state index in [-0.39, 0.29) is 11.9 Å². The third-order valence-corrected chi connectivity index (χ3v) is 2.13. The zero-order valence-electron chi connectivity index (χ0n) is 9.92. The van der Waals surface area contributed by atoms with Gasteiger partial charge in [-0.1, -0.05) is 20.3 Å². The lowest BCUT2D eigenvalue weighted by atomic mass is 10.2. The van der Waals surface area contributed by atoms with E-state index in [1.165, 1.54) is 0 Å². The molecule has 0 aromatic carbocycles. The number of unbranched alkanes of at least 4 members (excludes halogenated alkanes) is 1. The van der Waals surface area contributed by atoms with Gasteiger partial charge in [0.15, 0.2) is 0 Å². The molecule has 0 saturated carbocycles. The number of amidine groups is 1. The van der Waals surface area contributed by atoms with E-state index in [1.807, 2.05) is 6.92 Å². The highest BCUT2D eigenvalue weighted by Crippen LogP contribution is 2.02. The largest absolute Gasteiger partial charge is 0.388 e. The minimum Gasteiger partial charge on any atom is -0.388 e. The molecule has 15 heavy (non-hydrogen) atoms. The second-order valence-electron chi connectivity index (χ2n) is 3.60. The summed E-state index contributed by atoms with van der Waals surface area (Å²) >= 11 is 0. The van der Waals surface area contributed by atoms with Crippen LogP contribution in [0.5, 0.6) is 0 Å². The molecule has 0 aliphatic heterocycles. The van der Waals surface area contributed by atoms with Gasteiger partial charge in [-0.2, -0.15) is 0 Å². The van der Waals surface area contributed by atoms with Crippen LogP contribution in [0.3, 0.4) is 0 Å². The van der Waals surface area contributed by atoms with Gasteiger partial charge in [-0.3, -0.25) is 5.41 Å². The summed E-state index contributed by atoms with van der Waals surface area (Å²) in [4.78, 5) is 0. The number of hydrogen-bond donors (Lipinski definition) is 2. The monoisotopic (exact) mass is 216 g/mol. The van der Waals surface area contributed by atoms with E-state index in [0.717, 1.165) is 25.9 Å². The number of ether oxygens (including phenoxy) is 2. The minimum absolute atomic E-state index is 0.0669. The van der Waals surface area contributed by atoms with Gasteiger partial charge in [0, 0.05) is 13.0 Å². The standard InChI is InChI=1S/C11H24N2O2/c1-3-5-6-14-7-8-15-10(4-2)9-11(12)13/h10H,3-9H2,1-2H3,(H3,12,13). The Morgan fingerprint density at radius 1 is 1.27 bits per heavy atom. The van der Waals surface area contributed by atoms with Gasteiger partial charge in [0.05, 0.1) is 25.2 Å². The maximum Gasteiger partial charge on any atom is 0.0931 e. The molecule has 4 nitrogen and oxygen atoms in total. The zero-order chi connectivity index (χ0) is 11.5. The third kappa shape index (κ3) is 9.69. The average Bonchev–Trinajstić information content (AvgIpc) is 2.20. The van der Waals surface area contributed by atoms with Crippen molar-refractivity contribution >= 4 is 5.84 Å². The molecular weight excluding hydrogens is 192 g/mol. The number of rotatable bonds is 10. The fourth-order valence-electron chi connectivity index (χ4n) is 1.19. The van der Waals surface area contributed by atoms with Gasteiger partial charge in [-0.15, -0.1) is 0 Å². The van der Waals surface area contributed by atoms with Crippen molar-refractivity contribution in [2.24, 2.45) is 5.73 Å². The molecule has 0 heterocycles. The molecule has 0 rings (SSSR count). The third-order valence-electron chi connectivity index (χ3n) is 2.13. The number of nitrogens with two attached hydrogens (primary N) is 1. The van der Waals surface area contributed by atoms with Crippen LogP contribution in [0, 0.1) is 5.41 Å². The van der Waals surface area contributed by atoms with Crippen LogP contribution in [0.15, 0.2) is 0 Å². The highest BCUT2D eigenvalue weighted by atomic mass is 16.5. The van der Waals surface area contributed by atoms with Crippen LogP contribution in [0.2, 0.25) is 0 Å². The van der Waals surface area contributed by atoms with Gasteiger partial charge in [-0.25, -0.2) is 0 Å². The van der Waals surface area contributed by atoms with Crippen molar-refractivity contribution in [3.05, 3.63) is 0 Å². The maximum absolute atomic E-state index is 7.17. The summed E-state index contributed by atoms with van der Waals surface area (Å²) in [5, 5.41) is 7.17. The van der Waals surface area contributed by atoms with Crippen molar-refractivity contribution < 1.29 is 9.47 Å². The van der Waals surface area contributed by atoms with Crippen molar-refractivity contribution in [2.75, 3.05) is 19.8 Å². The highest BCUT2D eigenvalue weighted by molar-refractivity contribution is 5.77. The lowest BCUT2D eigenvalue weighted by Gasteiger charge is -2.15. The van der Waals surface area contributed by atoms with Gasteiger partial charge >= 0.3 is 0 Å². The van der Waals surface area contributed by atoms with Gasteiger partial charge in [0.25, 0.3) is 0 Å². The predicted octanol–water partition coefficient (Wildman–Crippen LogP) is 1.92. The summed E-state index contributed by atoms with van der Waals surface area (Å²) in [6.07, 6.45) is 3.73. The quantitative estimate of drug-likeness (QED) is 0.333. The van der Waals surface area contributed by atoms with E-state index in [2.05, 4.69) is 6.92 Å². The summed E-state index contributed by atoms with van der Waals surface area (Å²) in [6.45, 7) is 6.21. The summed E-state index contributed by atoms with van der Waals surface area (Å²) < 4.78 is 10.9. The molecule has 0 radical (unpaired) electrons. The zero-order valence-corrected chi connectivity index (χ0v) is 9.92. The molecule has 3 N–H and O–H groups in total. The summed E-state index contributed by atoms with van der Waals surface area (Å²) in [5.74, 6) is 0.189. The van der Waals surface area contributed by atoms with E-state index in [4.69, 9.17) is 20.6 Å². The molecule has 0 amide bonds. The Morgan fingerprint density at radius 3 is 2.53 bits per heavy atom. The first-order chi connectivity index (χ1) is 7.20. The Balaban J connectivity index is 3.34. The molecule has 0 spiro atoms. The molecule has 0 aromatic heterocycles. The summed E-state index contributed by atoms with van der Waals surface area (Å²) in [6, 6.07) is 0. The van der Waals surface area contributed by atoms with Crippen molar-refractivity contribution in [3.63, 3.8) is 0 Å². The van der Waals surface area contributed by atoms with E-state index >= 15 is 0 Å². The topological polar surface area (TPSA) is 68.3 Å². The first-order valence-corrected chi connectivity index (χ1v) is 5.72. The molecule has 0 saturated heterocycles. The lowest BCUT2D eigenvalue weighted by Crippen LogP contribution is -2.23. The average molecular weight is 216 g/mol. The van der Waals surface area contributed by atoms with E-state index < -0.39 is 0 Å². The van der Waals surface area contributed by atoms with Gasteiger partial charge in [0.2, 0.25) is 0 Å². The van der Waals surface area contributed by atoms with Gasteiger partial charge in [-0.05, 0) is 12.8 Å². The summed E-state index contributed by atoms with van der Waals surface area (Å²) in [5.41, 5.74) is 5.31. The fourth-order valence-corrected chi connectivity index (χ4v) is 1.19. The Hall–Kier alpha value is -0.610. The SMILES string of the molecule is CCCCOCCOC(CC)CC(=N)N. The molecule has 0 aliphatic carbocycles. The summed E-state index contributed by atoms with van der Waals surface area (Å²) in [7, 11) is 0. The van der Waals surface area contributed by atoms with Crippen LogP contribution in [0.4, 0.5) is 0 Å². The Morgan fingerprint density at radius 2 is 2.00 bits per heavy atom. The highest BCUT2D eigenvalue weighted by Gasteiger charge is 2.07. The molecule has 90 valence electrons. The van der Waals surface area contributed by atoms with Crippen LogP contribution in [-0.2, 0) is 9.47 Å². The molecule has 0 fully saturated rings. The molecule has 0 aromatic rings. The van der Waals surface area contributed by atoms with Crippen LogP contribution in [0.25, 0.3) is 0 Å². The van der Waals surface area contributed by atoms with Crippen molar-refractivity contribution in [3.8, 4) is 0 Å². The Bertz CT molecular complexity index is 163. The second-order valence-corrected chi connectivity index (χ2v) is 3.60. The van der Waals surface area contributed by atoms with E-state index in [1.54, 1.807) is 0 Å². The molecule has 0 bridgehead atoms. The van der Waals surface area contributed by atoms with Crippen LogP contribution < -0.4 is 5.73 Å². The normalized spacial score (nSPS) is 12.7. The van der Waals surface area contributed by atoms with E-state index in [9.17, 15) is 0 Å². The van der Waals surface area contributed by atoms with Crippen molar-refractivity contribution in [1.29, 1.82) is 5.41 Å². The second kappa shape index (κ2) is 9.93. The Kier molecular flexibility index (Phi) is 9.52. The van der Waals surface area contributed by atoms with Gasteiger partial charge < -0.3 is 15.2 Å². The van der Waals surface area contributed by atoms with Crippen LogP contribution >= 0.6 is 0 Å². The smallest absolute Gasteiger partial charge is 0.0931 e. The predicted molar refractivity (Wildman–Crippen MR) is 62.3 cm³/mol. The molecule has 1 unspecified atom stereocenters. The molecular formula is C11H24N2O2. The first-order valence-electron chi connectivity index (χ1n) is 5.72. The minimum atomic E-state index is 0.0669. The number of nitrogens with one attached hydrogen (secondary N) is 1. The van der Waals surface area contributed by atoms with Crippen LogP contribution in [0.1, 0.15) is 39.5 Å². The Labute approximate surface area is 92.6 Å². The number of hydrogen-bond acceptors (Lipinski definition) is 3. The molecule has 4 heteroatoms. The molecule has 1 atom stereocenters.